The normalized spacial score (nSPS) is 20.5. The first-order chi connectivity index (χ1) is 14.1. The number of rotatable bonds is 6. The molecule has 0 radical (unpaired) electrons. The van der Waals surface area contributed by atoms with Crippen LogP contribution in [0.3, 0.4) is 0 Å². The Morgan fingerprint density at radius 3 is 2.55 bits per heavy atom. The summed E-state index contributed by atoms with van der Waals surface area (Å²) in [6.45, 7) is 10.0. The first-order valence-electron chi connectivity index (χ1n) is 10.6. The molecule has 3 aromatic rings. The highest BCUT2D eigenvalue weighted by Crippen LogP contribution is 2.23. The maximum absolute atomic E-state index is 12.5. The zero-order chi connectivity index (χ0) is 20.2. The summed E-state index contributed by atoms with van der Waals surface area (Å²) in [4.78, 5) is 15.5. The van der Waals surface area contributed by atoms with Gasteiger partial charge in [-0.3, -0.25) is 4.79 Å². The van der Waals surface area contributed by atoms with Crippen LogP contribution in [0.2, 0.25) is 0 Å². The molecule has 1 aliphatic heterocycles. The highest BCUT2D eigenvalue weighted by atomic mass is 16.3. The minimum atomic E-state index is -0.123. The van der Waals surface area contributed by atoms with Gasteiger partial charge in [-0.05, 0) is 26.0 Å². The Bertz CT molecular complexity index is 940. The van der Waals surface area contributed by atoms with Crippen LogP contribution in [0.4, 0.5) is 0 Å². The van der Waals surface area contributed by atoms with Crippen molar-refractivity contribution in [2.75, 3.05) is 32.7 Å². The molecule has 3 N–H and O–H groups in total. The number of quaternary nitrogens is 2. The van der Waals surface area contributed by atoms with E-state index in [0.29, 0.717) is 6.54 Å². The third-order valence-electron chi connectivity index (χ3n) is 5.86. The van der Waals surface area contributed by atoms with Gasteiger partial charge in [0.2, 0.25) is 0 Å². The van der Waals surface area contributed by atoms with E-state index in [1.54, 1.807) is 4.90 Å². The van der Waals surface area contributed by atoms with Crippen molar-refractivity contribution in [3.63, 3.8) is 0 Å². The fourth-order valence-corrected chi connectivity index (χ4v) is 4.23. The topological polar surface area (TPSA) is 51.1 Å². The number of nitrogens with one attached hydrogen (secondary N) is 3. The molecule has 152 valence electrons. The third-order valence-corrected chi connectivity index (χ3v) is 5.86. The molecule has 5 nitrogen and oxygen atoms in total. The maximum Gasteiger partial charge on any atom is 0.275 e. The average molecular weight is 394 g/mol. The molecular formula is C24H31N3O2+2. The van der Waals surface area contributed by atoms with Crippen LogP contribution in [-0.4, -0.2) is 38.6 Å². The van der Waals surface area contributed by atoms with Crippen LogP contribution < -0.4 is 15.1 Å². The SMILES string of the molecule is Cc1cccc(C[NH+]2CC[NH+](CC(=O)N[C@@H](C)c3cc4ccccc4o3)CC2)c1. The quantitative estimate of drug-likeness (QED) is 0.583. The Morgan fingerprint density at radius 2 is 1.79 bits per heavy atom. The molecule has 4 rings (SSSR count). The van der Waals surface area contributed by atoms with Crippen LogP contribution in [0, 0.1) is 6.92 Å². The predicted octanol–water partition coefficient (Wildman–Crippen LogP) is 0.902. The minimum Gasteiger partial charge on any atom is -0.459 e. The summed E-state index contributed by atoms with van der Waals surface area (Å²) < 4.78 is 5.87. The molecular weight excluding hydrogens is 362 g/mol. The lowest BCUT2D eigenvalue weighted by Gasteiger charge is -2.29. The van der Waals surface area contributed by atoms with Gasteiger partial charge in [-0.1, -0.05) is 48.0 Å². The fraction of sp³-hybridized carbons (Fsp3) is 0.375. The van der Waals surface area contributed by atoms with Crippen molar-refractivity contribution in [3.05, 3.63) is 71.5 Å². The lowest BCUT2D eigenvalue weighted by Crippen LogP contribution is -3.28. The number of amides is 1. The van der Waals surface area contributed by atoms with Crippen molar-refractivity contribution >= 4 is 16.9 Å². The van der Waals surface area contributed by atoms with Gasteiger partial charge in [-0.25, -0.2) is 0 Å². The number of benzene rings is 2. The van der Waals surface area contributed by atoms with E-state index in [2.05, 4.69) is 36.5 Å². The monoisotopic (exact) mass is 393 g/mol. The molecule has 29 heavy (non-hydrogen) atoms. The number of para-hydroxylation sites is 1. The molecule has 2 heterocycles. The van der Waals surface area contributed by atoms with E-state index in [9.17, 15) is 4.79 Å². The number of aryl methyl sites for hydroxylation is 1. The number of furan rings is 1. The van der Waals surface area contributed by atoms with Crippen LogP contribution >= 0.6 is 0 Å². The van der Waals surface area contributed by atoms with Crippen LogP contribution in [-0.2, 0) is 11.3 Å². The maximum atomic E-state index is 12.5. The van der Waals surface area contributed by atoms with Crippen molar-refractivity contribution in [1.82, 2.24) is 5.32 Å². The molecule has 0 spiro atoms. The molecule has 1 aromatic heterocycles. The zero-order valence-electron chi connectivity index (χ0n) is 17.3. The van der Waals surface area contributed by atoms with Gasteiger partial charge in [0.1, 0.15) is 44.1 Å². The number of piperazine rings is 1. The van der Waals surface area contributed by atoms with E-state index >= 15 is 0 Å². The molecule has 1 atom stereocenters. The van der Waals surface area contributed by atoms with Crippen molar-refractivity contribution in [1.29, 1.82) is 0 Å². The zero-order valence-corrected chi connectivity index (χ0v) is 17.3. The molecule has 5 heteroatoms. The summed E-state index contributed by atoms with van der Waals surface area (Å²) in [7, 11) is 0. The Hall–Kier alpha value is -2.63. The predicted molar refractivity (Wildman–Crippen MR) is 114 cm³/mol. The van der Waals surface area contributed by atoms with Crippen molar-refractivity contribution in [2.45, 2.75) is 26.4 Å². The van der Waals surface area contributed by atoms with Gasteiger partial charge in [0.05, 0.1) is 6.04 Å². The number of carbonyl (C=O) groups excluding carboxylic acids is 1. The van der Waals surface area contributed by atoms with Gasteiger partial charge >= 0.3 is 0 Å². The highest BCUT2D eigenvalue weighted by Gasteiger charge is 2.25. The van der Waals surface area contributed by atoms with E-state index in [1.165, 1.54) is 16.0 Å². The van der Waals surface area contributed by atoms with Gasteiger partial charge in [0.15, 0.2) is 6.54 Å². The summed E-state index contributed by atoms with van der Waals surface area (Å²) in [6, 6.07) is 18.6. The number of fused-ring (bicyclic) bond motifs is 1. The lowest BCUT2D eigenvalue weighted by molar-refractivity contribution is -1.02. The summed E-state index contributed by atoms with van der Waals surface area (Å²) in [6.07, 6.45) is 0. The van der Waals surface area contributed by atoms with Crippen molar-refractivity contribution in [3.8, 4) is 0 Å². The van der Waals surface area contributed by atoms with Gasteiger partial charge in [0.25, 0.3) is 5.91 Å². The molecule has 1 fully saturated rings. The van der Waals surface area contributed by atoms with Crippen LogP contribution in [0.15, 0.2) is 59.0 Å². The van der Waals surface area contributed by atoms with E-state index in [0.717, 1.165) is 49.5 Å². The smallest absolute Gasteiger partial charge is 0.275 e. The van der Waals surface area contributed by atoms with E-state index < -0.39 is 0 Å². The van der Waals surface area contributed by atoms with Gasteiger partial charge < -0.3 is 19.5 Å². The molecule has 0 unspecified atom stereocenters. The Balaban J connectivity index is 1.24. The molecule has 0 bridgehead atoms. The second-order valence-corrected chi connectivity index (χ2v) is 8.32. The summed E-state index contributed by atoms with van der Waals surface area (Å²) in [5.41, 5.74) is 3.59. The molecule has 0 aliphatic carbocycles. The van der Waals surface area contributed by atoms with Crippen LogP contribution in [0.5, 0.6) is 0 Å². The minimum absolute atomic E-state index is 0.0927. The van der Waals surface area contributed by atoms with E-state index in [-0.39, 0.29) is 11.9 Å². The first-order valence-corrected chi connectivity index (χ1v) is 10.6. The van der Waals surface area contributed by atoms with Gasteiger partial charge in [-0.2, -0.15) is 0 Å². The average Bonchev–Trinajstić information content (AvgIpc) is 3.14. The largest absolute Gasteiger partial charge is 0.459 e. The fourth-order valence-electron chi connectivity index (χ4n) is 4.23. The standard InChI is InChI=1S/C24H29N3O2/c1-18-6-5-7-20(14-18)16-26-10-12-27(13-11-26)17-24(28)25-19(2)23-15-21-8-3-4-9-22(21)29-23/h3-9,14-15,19H,10-13,16-17H2,1-2H3,(H,25,28)/p+2/t19-/m0/s1. The highest BCUT2D eigenvalue weighted by molar-refractivity contribution is 5.79. The summed E-state index contributed by atoms with van der Waals surface area (Å²) in [5.74, 6) is 0.900. The lowest BCUT2D eigenvalue weighted by atomic mass is 10.1. The third kappa shape index (κ3) is 5.05. The summed E-state index contributed by atoms with van der Waals surface area (Å²) >= 11 is 0. The van der Waals surface area contributed by atoms with Gasteiger partial charge in [-0.15, -0.1) is 0 Å². The summed E-state index contributed by atoms with van der Waals surface area (Å²) in [5, 5.41) is 4.17. The Morgan fingerprint density at radius 1 is 1.03 bits per heavy atom. The first kappa shape index (κ1) is 19.7. The molecule has 0 saturated carbocycles. The number of hydrogen-bond acceptors (Lipinski definition) is 2. The second kappa shape index (κ2) is 8.80. The van der Waals surface area contributed by atoms with Crippen molar-refractivity contribution in [2.24, 2.45) is 0 Å². The molecule has 2 aromatic carbocycles. The Kier molecular flexibility index (Phi) is 5.97. The molecule has 1 aliphatic rings. The van der Waals surface area contributed by atoms with E-state index in [1.807, 2.05) is 37.3 Å². The number of hydrogen-bond donors (Lipinski definition) is 3. The number of carbonyl (C=O) groups is 1. The Labute approximate surface area is 172 Å². The van der Waals surface area contributed by atoms with Gasteiger partial charge in [0, 0.05) is 10.9 Å². The molecule has 1 saturated heterocycles. The second-order valence-electron chi connectivity index (χ2n) is 8.32. The van der Waals surface area contributed by atoms with E-state index in [4.69, 9.17) is 4.42 Å². The van der Waals surface area contributed by atoms with Crippen LogP contribution in [0.25, 0.3) is 11.0 Å². The van der Waals surface area contributed by atoms with Crippen molar-refractivity contribution < 1.29 is 19.0 Å². The van der Waals surface area contributed by atoms with Crippen LogP contribution in [0.1, 0.15) is 29.9 Å². The molecule has 1 amide bonds.